The van der Waals surface area contributed by atoms with E-state index in [0.717, 1.165) is 51.6 Å². The minimum absolute atomic E-state index is 0.158. The zero-order valence-electron chi connectivity index (χ0n) is 14.9. The second-order valence-corrected chi connectivity index (χ2v) is 8.08. The van der Waals surface area contributed by atoms with Crippen LogP contribution in [0, 0.1) is 0 Å². The van der Waals surface area contributed by atoms with Gasteiger partial charge in [-0.15, -0.1) is 0 Å². The van der Waals surface area contributed by atoms with Gasteiger partial charge in [0.05, 0.1) is 12.1 Å². The van der Waals surface area contributed by atoms with Crippen molar-refractivity contribution < 1.29 is 14.7 Å². The highest BCUT2D eigenvalue weighted by atomic mass is 16.4. The predicted octanol–water partition coefficient (Wildman–Crippen LogP) is 1.93. The maximum Gasteiger partial charge on any atom is 0.407 e. The van der Waals surface area contributed by atoms with E-state index in [2.05, 4.69) is 15.1 Å². The summed E-state index contributed by atoms with van der Waals surface area (Å²) < 4.78 is 0. The number of hydrogen-bond donors (Lipinski definition) is 2. The third-order valence-corrected chi connectivity index (χ3v) is 6.77. The van der Waals surface area contributed by atoms with Crippen molar-refractivity contribution >= 4 is 12.1 Å². The second kappa shape index (κ2) is 7.02. The molecule has 0 aromatic carbocycles. The Morgan fingerprint density at radius 3 is 2.24 bits per heavy atom. The number of nitrogens with zero attached hydrogens (tertiary/aromatic N) is 3. The molecule has 0 aromatic heterocycles. The largest absolute Gasteiger partial charge is 0.465 e. The molecule has 4 rings (SSSR count). The summed E-state index contributed by atoms with van der Waals surface area (Å²) >= 11 is 0. The molecule has 4 aliphatic rings. The SMILES string of the molecule is O=C(O)N1CCC(N2CCC(N3C(=O)N[C@H]4CCCC[C@@H]43)CC2)CC1. The molecule has 0 aromatic rings. The predicted molar refractivity (Wildman–Crippen MR) is 93.6 cm³/mol. The van der Waals surface area contributed by atoms with Crippen molar-refractivity contribution in [1.82, 2.24) is 20.0 Å². The van der Waals surface area contributed by atoms with Crippen LogP contribution in [0.4, 0.5) is 9.59 Å². The smallest absolute Gasteiger partial charge is 0.407 e. The molecule has 0 radical (unpaired) electrons. The molecule has 0 bridgehead atoms. The summed E-state index contributed by atoms with van der Waals surface area (Å²) in [7, 11) is 0. The number of rotatable bonds is 2. The standard InChI is InChI=1S/C18H30N4O3/c23-17-19-15-3-1-2-4-16(15)22(17)14-7-9-20(10-8-14)13-5-11-21(12-6-13)18(24)25/h13-16H,1-12H2,(H,19,23)(H,24,25)/t15-,16-/m0/s1. The molecule has 2 atom stereocenters. The van der Waals surface area contributed by atoms with Crippen LogP contribution in [0.15, 0.2) is 0 Å². The molecule has 7 heteroatoms. The first kappa shape index (κ1) is 16.9. The highest BCUT2D eigenvalue weighted by Crippen LogP contribution is 2.33. The average molecular weight is 350 g/mol. The summed E-state index contributed by atoms with van der Waals surface area (Å²) in [4.78, 5) is 29.7. The zero-order valence-corrected chi connectivity index (χ0v) is 14.9. The lowest BCUT2D eigenvalue weighted by Gasteiger charge is -2.44. The summed E-state index contributed by atoms with van der Waals surface area (Å²) in [6.07, 6.45) is 7.95. The van der Waals surface area contributed by atoms with E-state index in [9.17, 15) is 9.59 Å². The fourth-order valence-electron chi connectivity index (χ4n) is 5.38. The number of carbonyl (C=O) groups excluding carboxylic acids is 1. The second-order valence-electron chi connectivity index (χ2n) is 8.08. The maximum atomic E-state index is 12.5. The number of amides is 3. The lowest BCUT2D eigenvalue weighted by Crippen LogP contribution is -2.53. The lowest BCUT2D eigenvalue weighted by molar-refractivity contribution is 0.0553. The number of likely N-dealkylation sites (tertiary alicyclic amines) is 2. The third-order valence-electron chi connectivity index (χ3n) is 6.77. The van der Waals surface area contributed by atoms with E-state index in [1.165, 1.54) is 17.7 Å². The molecule has 3 saturated heterocycles. The topological polar surface area (TPSA) is 76.1 Å². The first-order valence-corrected chi connectivity index (χ1v) is 9.94. The van der Waals surface area contributed by atoms with Crippen LogP contribution >= 0.6 is 0 Å². The Bertz CT molecular complexity index is 512. The lowest BCUT2D eigenvalue weighted by atomic mass is 9.89. The van der Waals surface area contributed by atoms with Crippen LogP contribution in [0.25, 0.3) is 0 Å². The van der Waals surface area contributed by atoms with Crippen LogP contribution in [0.2, 0.25) is 0 Å². The van der Waals surface area contributed by atoms with Crippen molar-refractivity contribution in [2.45, 2.75) is 75.5 Å². The Hall–Kier alpha value is -1.50. The molecule has 7 nitrogen and oxygen atoms in total. The van der Waals surface area contributed by atoms with Crippen molar-refractivity contribution in [1.29, 1.82) is 0 Å². The van der Waals surface area contributed by atoms with Gasteiger partial charge >= 0.3 is 12.1 Å². The van der Waals surface area contributed by atoms with E-state index in [0.29, 0.717) is 37.3 Å². The van der Waals surface area contributed by atoms with Gasteiger partial charge in [0, 0.05) is 38.3 Å². The van der Waals surface area contributed by atoms with Crippen LogP contribution in [0.3, 0.4) is 0 Å². The minimum atomic E-state index is -0.792. The molecule has 140 valence electrons. The Morgan fingerprint density at radius 1 is 0.920 bits per heavy atom. The van der Waals surface area contributed by atoms with E-state index < -0.39 is 6.09 Å². The van der Waals surface area contributed by atoms with E-state index in [1.807, 2.05) is 0 Å². The fourth-order valence-corrected chi connectivity index (χ4v) is 5.38. The van der Waals surface area contributed by atoms with Gasteiger partial charge in [-0.1, -0.05) is 12.8 Å². The molecule has 3 aliphatic heterocycles. The van der Waals surface area contributed by atoms with E-state index in [4.69, 9.17) is 5.11 Å². The zero-order chi connectivity index (χ0) is 17.4. The van der Waals surface area contributed by atoms with E-state index in [-0.39, 0.29) is 6.03 Å². The number of carbonyl (C=O) groups is 2. The summed E-state index contributed by atoms with van der Waals surface area (Å²) in [5, 5.41) is 12.3. The monoisotopic (exact) mass is 350 g/mol. The van der Waals surface area contributed by atoms with Crippen LogP contribution in [0.1, 0.15) is 51.4 Å². The number of nitrogens with one attached hydrogen (secondary N) is 1. The summed E-state index contributed by atoms with van der Waals surface area (Å²) in [6.45, 7) is 3.36. The molecule has 3 heterocycles. The van der Waals surface area contributed by atoms with Gasteiger partial charge in [0.2, 0.25) is 0 Å². The molecular weight excluding hydrogens is 320 g/mol. The maximum absolute atomic E-state index is 12.5. The van der Waals surface area contributed by atoms with E-state index in [1.54, 1.807) is 0 Å². The number of carboxylic acid groups (broad SMARTS) is 1. The average Bonchev–Trinajstić information content (AvgIpc) is 2.97. The molecule has 0 unspecified atom stereocenters. The van der Waals surface area contributed by atoms with Crippen molar-refractivity contribution in [3.8, 4) is 0 Å². The Morgan fingerprint density at radius 2 is 1.56 bits per heavy atom. The molecule has 4 fully saturated rings. The van der Waals surface area contributed by atoms with Gasteiger partial charge in [0.25, 0.3) is 0 Å². The van der Waals surface area contributed by atoms with Gasteiger partial charge in [0.1, 0.15) is 0 Å². The number of piperidine rings is 2. The highest BCUT2D eigenvalue weighted by molar-refractivity contribution is 5.78. The third kappa shape index (κ3) is 3.30. The van der Waals surface area contributed by atoms with Gasteiger partial charge < -0.3 is 25.1 Å². The van der Waals surface area contributed by atoms with Crippen LogP contribution in [-0.4, -0.2) is 82.3 Å². The van der Waals surface area contributed by atoms with Gasteiger partial charge in [-0.2, -0.15) is 0 Å². The Balaban J connectivity index is 1.30. The minimum Gasteiger partial charge on any atom is -0.465 e. The molecule has 0 spiro atoms. The van der Waals surface area contributed by atoms with Crippen LogP contribution in [-0.2, 0) is 0 Å². The van der Waals surface area contributed by atoms with Gasteiger partial charge in [0.15, 0.2) is 0 Å². The molecule has 3 amide bonds. The van der Waals surface area contributed by atoms with Gasteiger partial charge in [-0.3, -0.25) is 0 Å². The molecule has 1 aliphatic carbocycles. The van der Waals surface area contributed by atoms with Crippen molar-refractivity contribution in [3.05, 3.63) is 0 Å². The van der Waals surface area contributed by atoms with Crippen LogP contribution in [0.5, 0.6) is 0 Å². The molecule has 1 saturated carbocycles. The van der Waals surface area contributed by atoms with Crippen molar-refractivity contribution in [3.63, 3.8) is 0 Å². The summed E-state index contributed by atoms with van der Waals surface area (Å²) in [6, 6.07) is 1.83. The first-order valence-electron chi connectivity index (χ1n) is 9.94. The normalized spacial score (nSPS) is 32.6. The first-order chi connectivity index (χ1) is 12.1. The summed E-state index contributed by atoms with van der Waals surface area (Å²) in [5.74, 6) is 0. The summed E-state index contributed by atoms with van der Waals surface area (Å²) in [5.41, 5.74) is 0. The number of hydrogen-bond acceptors (Lipinski definition) is 3. The molecular formula is C18H30N4O3. The van der Waals surface area contributed by atoms with Crippen molar-refractivity contribution in [2.24, 2.45) is 0 Å². The van der Waals surface area contributed by atoms with Crippen molar-refractivity contribution in [2.75, 3.05) is 26.2 Å². The fraction of sp³-hybridized carbons (Fsp3) is 0.889. The Kier molecular flexibility index (Phi) is 4.75. The van der Waals surface area contributed by atoms with Gasteiger partial charge in [-0.05, 0) is 38.5 Å². The number of fused-ring (bicyclic) bond motifs is 1. The number of urea groups is 1. The highest BCUT2D eigenvalue weighted by Gasteiger charge is 2.44. The molecule has 2 N–H and O–H groups in total. The van der Waals surface area contributed by atoms with E-state index >= 15 is 0 Å². The quantitative estimate of drug-likeness (QED) is 0.798. The molecule has 25 heavy (non-hydrogen) atoms. The van der Waals surface area contributed by atoms with Gasteiger partial charge in [-0.25, -0.2) is 9.59 Å². The van der Waals surface area contributed by atoms with Crippen LogP contribution < -0.4 is 5.32 Å². The Labute approximate surface area is 149 Å².